The number of rotatable bonds is 3. The van der Waals surface area contributed by atoms with Crippen LogP contribution >= 0.6 is 0 Å². The van der Waals surface area contributed by atoms with E-state index in [1.165, 1.54) is 12.8 Å². The minimum absolute atomic E-state index is 0.659. The van der Waals surface area contributed by atoms with Crippen molar-refractivity contribution in [2.45, 2.75) is 63.9 Å². The summed E-state index contributed by atoms with van der Waals surface area (Å²) in [6.45, 7) is 15.2. The van der Waals surface area contributed by atoms with Crippen molar-refractivity contribution < 1.29 is 0 Å². The van der Waals surface area contributed by atoms with E-state index in [4.69, 9.17) is 0 Å². The van der Waals surface area contributed by atoms with Crippen LogP contribution < -0.4 is 0 Å². The van der Waals surface area contributed by atoms with Crippen molar-refractivity contribution in [3.8, 4) is 0 Å². The summed E-state index contributed by atoms with van der Waals surface area (Å²) >= 11 is 0. The van der Waals surface area contributed by atoms with E-state index in [1.54, 1.807) is 6.42 Å². The Balaban J connectivity index is 1.67. The monoisotopic (exact) mass is 228 g/mol. The molecule has 1 heteroatoms. The molecule has 0 bridgehead atoms. The standard InChI is InChI=1S/C16H25B/c1-6-7-15(8-10(15)2)17-11(3)13-14(5)9-16(13,14)12(17)4/h6,10-13H,1,7-9H2,2-5H3/t10?,11?,12?,13?,14?,15?,16-/m0/s1. The summed E-state index contributed by atoms with van der Waals surface area (Å²) in [6, 6.07) is 0. The van der Waals surface area contributed by atoms with Crippen LogP contribution in [-0.4, -0.2) is 6.71 Å². The summed E-state index contributed by atoms with van der Waals surface area (Å²) in [4.78, 5) is 0. The molecule has 4 aliphatic rings. The van der Waals surface area contributed by atoms with Gasteiger partial charge in [0.15, 0.2) is 6.71 Å². The van der Waals surface area contributed by atoms with Crippen LogP contribution in [0.1, 0.15) is 47.0 Å². The molecule has 1 aliphatic heterocycles. The van der Waals surface area contributed by atoms with Crippen LogP contribution in [0.15, 0.2) is 12.7 Å². The van der Waals surface area contributed by atoms with Gasteiger partial charge in [0.2, 0.25) is 0 Å². The average molecular weight is 228 g/mol. The quantitative estimate of drug-likeness (QED) is 0.487. The van der Waals surface area contributed by atoms with E-state index in [2.05, 4.69) is 40.3 Å². The lowest BCUT2D eigenvalue weighted by Crippen LogP contribution is -2.30. The zero-order valence-corrected chi connectivity index (χ0v) is 11.8. The molecule has 4 rings (SSSR count). The van der Waals surface area contributed by atoms with E-state index in [9.17, 15) is 0 Å². The van der Waals surface area contributed by atoms with Gasteiger partial charge in [0.1, 0.15) is 0 Å². The van der Waals surface area contributed by atoms with Crippen molar-refractivity contribution in [1.82, 2.24) is 0 Å². The molecule has 0 nitrogen and oxygen atoms in total. The lowest BCUT2D eigenvalue weighted by atomic mass is 9.26. The maximum Gasteiger partial charge on any atom is 0.154 e. The molecule has 0 amide bonds. The molecule has 3 aliphatic carbocycles. The van der Waals surface area contributed by atoms with Gasteiger partial charge in [-0.15, -0.1) is 6.58 Å². The predicted octanol–water partition coefficient (Wildman–Crippen LogP) is 4.66. The van der Waals surface area contributed by atoms with E-state index in [0.29, 0.717) is 5.31 Å². The van der Waals surface area contributed by atoms with Gasteiger partial charge in [-0.25, -0.2) is 0 Å². The molecular weight excluding hydrogens is 203 g/mol. The fourth-order valence-electron chi connectivity index (χ4n) is 7.17. The van der Waals surface area contributed by atoms with Crippen molar-refractivity contribution in [2.75, 3.05) is 0 Å². The van der Waals surface area contributed by atoms with Gasteiger partial charge in [-0.2, -0.15) is 0 Å². The second kappa shape index (κ2) is 2.56. The van der Waals surface area contributed by atoms with Crippen LogP contribution in [0.3, 0.4) is 0 Å². The molecule has 1 spiro atoms. The summed E-state index contributed by atoms with van der Waals surface area (Å²) in [7, 11) is 0. The van der Waals surface area contributed by atoms with Gasteiger partial charge in [-0.05, 0) is 40.8 Å². The van der Waals surface area contributed by atoms with Crippen molar-refractivity contribution >= 4 is 6.71 Å². The summed E-state index contributed by atoms with van der Waals surface area (Å²) < 4.78 is 0. The third kappa shape index (κ3) is 0.842. The van der Waals surface area contributed by atoms with Gasteiger partial charge >= 0.3 is 0 Å². The Bertz CT molecular complexity index is 416. The minimum Gasteiger partial charge on any atom is -0.103 e. The second-order valence-electron chi connectivity index (χ2n) is 8.12. The summed E-state index contributed by atoms with van der Waals surface area (Å²) in [5.74, 6) is 4.00. The first kappa shape index (κ1) is 10.7. The Hall–Kier alpha value is -0.195. The lowest BCUT2D eigenvalue weighted by Gasteiger charge is -2.31. The molecule has 0 radical (unpaired) electrons. The van der Waals surface area contributed by atoms with Crippen LogP contribution in [-0.2, 0) is 0 Å². The molecule has 0 aromatic rings. The van der Waals surface area contributed by atoms with Gasteiger partial charge < -0.3 is 0 Å². The highest BCUT2D eigenvalue weighted by Gasteiger charge is 2.95. The highest BCUT2D eigenvalue weighted by molar-refractivity contribution is 6.68. The number of hydrogen-bond acceptors (Lipinski definition) is 0. The number of hydrogen-bond donors (Lipinski definition) is 0. The molecule has 0 aromatic carbocycles. The van der Waals surface area contributed by atoms with Gasteiger partial charge in [0.25, 0.3) is 0 Å². The van der Waals surface area contributed by atoms with Crippen molar-refractivity contribution in [3.63, 3.8) is 0 Å². The molecule has 7 atom stereocenters. The van der Waals surface area contributed by atoms with Crippen molar-refractivity contribution in [2.24, 2.45) is 22.7 Å². The molecule has 0 aromatic heterocycles. The first-order valence-corrected chi connectivity index (χ1v) is 7.56. The van der Waals surface area contributed by atoms with E-state index in [1.807, 2.05) is 0 Å². The topological polar surface area (TPSA) is 0 Å². The highest BCUT2D eigenvalue weighted by Crippen LogP contribution is 3.01. The highest BCUT2D eigenvalue weighted by atomic mass is 14.9. The van der Waals surface area contributed by atoms with Gasteiger partial charge in [0.05, 0.1) is 0 Å². The fraction of sp³-hybridized carbons (Fsp3) is 0.875. The first-order valence-electron chi connectivity index (χ1n) is 7.56. The predicted molar refractivity (Wildman–Crippen MR) is 74.5 cm³/mol. The normalized spacial score (nSPS) is 66.2. The summed E-state index contributed by atoms with van der Waals surface area (Å²) in [6.07, 6.45) is 6.48. The summed E-state index contributed by atoms with van der Waals surface area (Å²) in [5.41, 5.74) is 1.60. The average Bonchev–Trinajstić information content (AvgIpc) is 3.09. The fourth-order valence-corrected chi connectivity index (χ4v) is 7.17. The largest absolute Gasteiger partial charge is 0.154 e. The second-order valence-corrected chi connectivity index (χ2v) is 8.12. The van der Waals surface area contributed by atoms with E-state index in [0.717, 1.165) is 41.0 Å². The Morgan fingerprint density at radius 1 is 1.35 bits per heavy atom. The smallest absolute Gasteiger partial charge is 0.103 e. The van der Waals surface area contributed by atoms with Crippen molar-refractivity contribution in [3.05, 3.63) is 12.7 Å². The number of fused-ring (bicyclic) bond motifs is 1. The van der Waals surface area contributed by atoms with Crippen LogP contribution in [0.2, 0.25) is 16.9 Å². The van der Waals surface area contributed by atoms with Crippen LogP contribution in [0.5, 0.6) is 0 Å². The minimum atomic E-state index is 0.659. The molecule has 17 heavy (non-hydrogen) atoms. The molecule has 1 saturated heterocycles. The zero-order valence-electron chi connectivity index (χ0n) is 11.8. The van der Waals surface area contributed by atoms with Crippen molar-refractivity contribution in [1.29, 1.82) is 0 Å². The summed E-state index contributed by atoms with van der Waals surface area (Å²) in [5, 5.41) is 0.659. The van der Waals surface area contributed by atoms with E-state index in [-0.39, 0.29) is 0 Å². The lowest BCUT2D eigenvalue weighted by molar-refractivity contribution is 0.468. The van der Waals surface area contributed by atoms with E-state index >= 15 is 0 Å². The SMILES string of the molecule is C=CCC1(B2C(C)C3C4(C)C[C@]34C2C)CC1C. The third-order valence-electron chi connectivity index (χ3n) is 7.90. The van der Waals surface area contributed by atoms with Crippen LogP contribution in [0, 0.1) is 22.7 Å². The van der Waals surface area contributed by atoms with Gasteiger partial charge in [-0.1, -0.05) is 51.8 Å². The maximum atomic E-state index is 4.01. The Morgan fingerprint density at radius 3 is 2.35 bits per heavy atom. The molecule has 1 heterocycles. The van der Waals surface area contributed by atoms with Gasteiger partial charge in [0, 0.05) is 0 Å². The third-order valence-corrected chi connectivity index (χ3v) is 7.90. The van der Waals surface area contributed by atoms with Crippen LogP contribution in [0.4, 0.5) is 0 Å². The number of allylic oxidation sites excluding steroid dienone is 1. The molecular formula is C16H25B. The van der Waals surface area contributed by atoms with E-state index < -0.39 is 0 Å². The molecule has 3 saturated carbocycles. The first-order chi connectivity index (χ1) is 7.95. The zero-order chi connectivity index (χ0) is 12.2. The Kier molecular flexibility index (Phi) is 1.61. The molecule has 92 valence electrons. The van der Waals surface area contributed by atoms with Crippen LogP contribution in [0.25, 0.3) is 0 Å². The maximum absolute atomic E-state index is 4.01. The molecule has 6 unspecified atom stereocenters. The Labute approximate surface area is 106 Å². The Morgan fingerprint density at radius 2 is 2.00 bits per heavy atom. The molecule has 4 fully saturated rings. The van der Waals surface area contributed by atoms with Gasteiger partial charge in [-0.3, -0.25) is 0 Å². The molecule has 0 N–H and O–H groups in total.